The number of hydrogen-bond donors (Lipinski definition) is 1. The van der Waals surface area contributed by atoms with E-state index < -0.39 is 22.8 Å². The topological polar surface area (TPSA) is 88.6 Å². The second-order valence-electron chi connectivity index (χ2n) is 7.82. The monoisotopic (exact) mass is 431 g/mol. The Morgan fingerprint density at radius 3 is 2.57 bits per heavy atom. The predicted octanol–water partition coefficient (Wildman–Crippen LogP) is 2.73. The van der Waals surface area contributed by atoms with Gasteiger partial charge in [0, 0.05) is 24.7 Å². The molecule has 0 aliphatic heterocycles. The van der Waals surface area contributed by atoms with Crippen LogP contribution in [0, 0.1) is 5.82 Å². The minimum absolute atomic E-state index is 0.0266. The molecule has 2 aromatic rings. The summed E-state index contributed by atoms with van der Waals surface area (Å²) >= 11 is 5.62. The Balaban J connectivity index is 1.34. The zero-order valence-corrected chi connectivity index (χ0v) is 16.9. The van der Waals surface area contributed by atoms with Crippen LogP contribution in [-0.4, -0.2) is 45.3 Å². The fourth-order valence-electron chi connectivity index (χ4n) is 4.45. The summed E-state index contributed by atoms with van der Waals surface area (Å²) in [5, 5.41) is 2.88. The fraction of sp³-hybridized carbons (Fsp3) is 0.333. The maximum Gasteiger partial charge on any atom is 0.279 e. The Kier molecular flexibility index (Phi) is 4.97. The molecule has 0 unspecified atom stereocenters. The molecule has 2 bridgehead atoms. The van der Waals surface area contributed by atoms with Crippen LogP contribution in [-0.2, 0) is 9.59 Å². The molecule has 3 saturated carbocycles. The molecule has 9 heteroatoms. The number of hydrogen-bond acceptors (Lipinski definition) is 5. The second-order valence-corrected chi connectivity index (χ2v) is 8.23. The van der Waals surface area contributed by atoms with Crippen molar-refractivity contribution in [1.29, 1.82) is 0 Å². The zero-order valence-electron chi connectivity index (χ0n) is 16.2. The van der Waals surface area contributed by atoms with Gasteiger partial charge in [-0.25, -0.2) is 4.39 Å². The molecule has 1 aromatic heterocycles. The van der Waals surface area contributed by atoms with Crippen molar-refractivity contribution in [3.05, 3.63) is 59.1 Å². The van der Waals surface area contributed by atoms with Gasteiger partial charge in [0.25, 0.3) is 11.8 Å². The third-order valence-electron chi connectivity index (χ3n) is 5.54. The van der Waals surface area contributed by atoms with Gasteiger partial charge < -0.3 is 10.1 Å². The molecule has 0 atom stereocenters. The molecule has 0 spiro atoms. The van der Waals surface area contributed by atoms with E-state index in [1.54, 1.807) is 18.2 Å². The number of carbonyl (C=O) groups excluding carboxylic acids is 3. The smallest absolute Gasteiger partial charge is 0.279 e. The first-order valence-corrected chi connectivity index (χ1v) is 9.77. The highest BCUT2D eigenvalue weighted by Gasteiger charge is 2.72. The van der Waals surface area contributed by atoms with Gasteiger partial charge in [-0.05, 0) is 43.5 Å². The molecule has 3 aliphatic carbocycles. The first-order valence-electron chi connectivity index (χ1n) is 9.39. The normalized spacial score (nSPS) is 23.6. The van der Waals surface area contributed by atoms with Gasteiger partial charge in [0.15, 0.2) is 6.61 Å². The number of pyridine rings is 1. The molecule has 0 saturated heterocycles. The number of amides is 3. The molecule has 156 valence electrons. The lowest BCUT2D eigenvalue weighted by molar-refractivity contribution is -0.179. The number of rotatable bonds is 6. The zero-order chi connectivity index (χ0) is 21.5. The Hall–Kier alpha value is -3.00. The van der Waals surface area contributed by atoms with E-state index in [-0.39, 0.29) is 34.9 Å². The van der Waals surface area contributed by atoms with Gasteiger partial charge in [-0.15, -0.1) is 0 Å². The molecule has 5 rings (SSSR count). The molecule has 0 radical (unpaired) electrons. The van der Waals surface area contributed by atoms with Crippen LogP contribution in [0.5, 0.6) is 5.75 Å². The first-order chi connectivity index (χ1) is 14.2. The second kappa shape index (κ2) is 7.36. The van der Waals surface area contributed by atoms with Crippen molar-refractivity contribution in [3.63, 3.8) is 0 Å². The third-order valence-corrected chi connectivity index (χ3v) is 5.85. The summed E-state index contributed by atoms with van der Waals surface area (Å²) in [5.74, 6) is -1.57. The minimum atomic E-state index is -0.627. The third kappa shape index (κ3) is 3.52. The maximum absolute atomic E-state index is 13.4. The van der Waals surface area contributed by atoms with Crippen LogP contribution in [0.4, 0.5) is 4.39 Å². The van der Waals surface area contributed by atoms with Crippen LogP contribution in [0.2, 0.25) is 5.02 Å². The van der Waals surface area contributed by atoms with Crippen molar-refractivity contribution in [2.45, 2.75) is 37.3 Å². The standard InChI is InChI=1S/C21H19ClFN3O4/c1-13(27)26(19(29)17-4-2-3-7-24-17)21-10-20(11-21,12-21)25-18(28)9-30-14-5-6-15(22)16(23)8-14/h2-8H,9-12H2,1H3,(H,25,28). The fourth-order valence-corrected chi connectivity index (χ4v) is 4.57. The highest BCUT2D eigenvalue weighted by Crippen LogP contribution is 2.63. The van der Waals surface area contributed by atoms with Crippen LogP contribution in [0.3, 0.4) is 0 Å². The van der Waals surface area contributed by atoms with Crippen molar-refractivity contribution < 1.29 is 23.5 Å². The van der Waals surface area contributed by atoms with Crippen LogP contribution < -0.4 is 10.1 Å². The Morgan fingerprint density at radius 2 is 1.97 bits per heavy atom. The van der Waals surface area contributed by atoms with Crippen LogP contribution >= 0.6 is 11.6 Å². The van der Waals surface area contributed by atoms with Gasteiger partial charge >= 0.3 is 0 Å². The van der Waals surface area contributed by atoms with Gasteiger partial charge in [-0.1, -0.05) is 17.7 Å². The summed E-state index contributed by atoms with van der Waals surface area (Å²) in [7, 11) is 0. The van der Waals surface area contributed by atoms with Crippen LogP contribution in [0.25, 0.3) is 0 Å². The number of imide groups is 1. The summed E-state index contributed by atoms with van der Waals surface area (Å²) in [6, 6.07) is 8.89. The lowest BCUT2D eigenvalue weighted by Gasteiger charge is -2.72. The number of nitrogens with one attached hydrogen (secondary N) is 1. The molecule has 7 nitrogen and oxygen atoms in total. The summed E-state index contributed by atoms with van der Waals surface area (Å²) in [5.41, 5.74) is -0.836. The van der Waals surface area contributed by atoms with Crippen LogP contribution in [0.15, 0.2) is 42.6 Å². The molecular weight excluding hydrogens is 413 g/mol. The van der Waals surface area contributed by atoms with Crippen molar-refractivity contribution in [1.82, 2.24) is 15.2 Å². The van der Waals surface area contributed by atoms with Crippen LogP contribution in [0.1, 0.15) is 36.7 Å². The summed E-state index contributed by atoms with van der Waals surface area (Å²) in [4.78, 5) is 42.5. The van der Waals surface area contributed by atoms with E-state index in [1.165, 1.54) is 30.2 Å². The SMILES string of the molecule is CC(=O)N(C(=O)c1ccccn1)C12CC(NC(=O)COc3ccc(Cl)c(F)c3)(C1)C2. The number of nitrogens with zero attached hydrogens (tertiary/aromatic N) is 2. The van der Waals surface area contributed by atoms with Gasteiger partial charge in [0.2, 0.25) is 5.91 Å². The number of aromatic nitrogens is 1. The van der Waals surface area contributed by atoms with Crippen molar-refractivity contribution in [2.24, 2.45) is 0 Å². The van der Waals surface area contributed by atoms with Gasteiger partial charge in [-0.2, -0.15) is 0 Å². The average Bonchev–Trinajstić information content (AvgIpc) is 2.66. The van der Waals surface area contributed by atoms with E-state index in [4.69, 9.17) is 16.3 Å². The lowest BCUT2D eigenvalue weighted by Crippen LogP contribution is -2.84. The predicted molar refractivity (Wildman–Crippen MR) is 105 cm³/mol. The Morgan fingerprint density at radius 1 is 1.23 bits per heavy atom. The number of ether oxygens (including phenoxy) is 1. The first kappa shape index (κ1) is 20.3. The molecule has 3 amide bonds. The maximum atomic E-state index is 13.4. The average molecular weight is 432 g/mol. The molecule has 1 heterocycles. The van der Waals surface area contributed by atoms with Crippen molar-refractivity contribution >= 4 is 29.3 Å². The number of benzene rings is 1. The minimum Gasteiger partial charge on any atom is -0.484 e. The van der Waals surface area contributed by atoms with E-state index in [0.717, 1.165) is 6.07 Å². The largest absolute Gasteiger partial charge is 0.484 e. The van der Waals surface area contributed by atoms with E-state index in [1.807, 2.05) is 0 Å². The van der Waals surface area contributed by atoms with Gasteiger partial charge in [-0.3, -0.25) is 24.3 Å². The molecule has 30 heavy (non-hydrogen) atoms. The molecule has 3 fully saturated rings. The van der Waals surface area contributed by atoms with E-state index in [2.05, 4.69) is 10.3 Å². The number of halogens is 2. The summed E-state index contributed by atoms with van der Waals surface area (Å²) in [6.07, 6.45) is 2.96. The highest BCUT2D eigenvalue weighted by atomic mass is 35.5. The van der Waals surface area contributed by atoms with E-state index in [0.29, 0.717) is 19.3 Å². The highest BCUT2D eigenvalue weighted by molar-refractivity contribution is 6.30. The Labute approximate surface area is 177 Å². The molecular formula is C21H19ClFN3O4. The van der Waals surface area contributed by atoms with Crippen molar-refractivity contribution in [3.8, 4) is 5.75 Å². The summed E-state index contributed by atoms with van der Waals surface area (Å²) < 4.78 is 18.7. The quantitative estimate of drug-likeness (QED) is 0.759. The number of carbonyl (C=O) groups is 3. The lowest BCUT2D eigenvalue weighted by atomic mass is 9.43. The van der Waals surface area contributed by atoms with E-state index >= 15 is 0 Å². The Bertz CT molecular complexity index is 1010. The molecule has 3 aliphatic rings. The summed E-state index contributed by atoms with van der Waals surface area (Å²) in [6.45, 7) is 1.07. The van der Waals surface area contributed by atoms with Crippen molar-refractivity contribution in [2.75, 3.05) is 6.61 Å². The molecule has 1 N–H and O–H groups in total. The van der Waals surface area contributed by atoms with E-state index in [9.17, 15) is 18.8 Å². The van der Waals surface area contributed by atoms with Gasteiger partial charge in [0.05, 0.1) is 10.6 Å². The molecule has 1 aromatic carbocycles. The van der Waals surface area contributed by atoms with Gasteiger partial charge in [0.1, 0.15) is 17.3 Å².